The van der Waals surface area contributed by atoms with Crippen molar-refractivity contribution in [1.29, 1.82) is 0 Å². The maximum Gasteiger partial charge on any atom is 0.258 e. The second-order valence-corrected chi connectivity index (χ2v) is 14.0. The summed E-state index contributed by atoms with van der Waals surface area (Å²) in [5.74, 6) is -2.97. The van der Waals surface area contributed by atoms with Gasteiger partial charge in [-0.25, -0.2) is 13.8 Å². The number of benzene rings is 1. The Kier molecular flexibility index (Phi) is 6.79. The fourth-order valence-corrected chi connectivity index (χ4v) is 7.98. The van der Waals surface area contributed by atoms with Crippen LogP contribution in [0.25, 0.3) is 22.3 Å². The third-order valence-corrected chi connectivity index (χ3v) is 11.2. The van der Waals surface area contributed by atoms with Gasteiger partial charge in [0.25, 0.3) is 5.92 Å². The van der Waals surface area contributed by atoms with E-state index in [1.165, 1.54) is 0 Å². The summed E-state index contributed by atoms with van der Waals surface area (Å²) in [6, 6.07) is 11.7. The van der Waals surface area contributed by atoms with E-state index in [1.807, 2.05) is 36.4 Å². The summed E-state index contributed by atoms with van der Waals surface area (Å²) in [4.78, 5) is 49.0. The van der Waals surface area contributed by atoms with Crippen LogP contribution in [0, 0.1) is 17.3 Å². The molecule has 12 heteroatoms. The molecule has 3 amide bonds. The lowest BCUT2D eigenvalue weighted by molar-refractivity contribution is -0.134. The molecule has 2 saturated heterocycles. The molecule has 2 aliphatic carbocycles. The highest BCUT2D eigenvalue weighted by Crippen LogP contribution is 2.70. The van der Waals surface area contributed by atoms with Crippen LogP contribution in [-0.2, 0) is 27.2 Å². The van der Waals surface area contributed by atoms with E-state index in [9.17, 15) is 23.2 Å². The highest BCUT2D eigenvalue weighted by Gasteiger charge is 2.78. The van der Waals surface area contributed by atoms with Crippen molar-refractivity contribution in [1.82, 2.24) is 25.5 Å². The summed E-state index contributed by atoms with van der Waals surface area (Å²) < 4.78 is 28.9. The Morgan fingerprint density at radius 1 is 1.11 bits per heavy atom. The molecule has 5 heterocycles. The van der Waals surface area contributed by atoms with Gasteiger partial charge in [0.05, 0.1) is 11.6 Å². The van der Waals surface area contributed by atoms with Gasteiger partial charge in [-0.3, -0.25) is 24.8 Å². The number of amides is 3. The van der Waals surface area contributed by atoms with Gasteiger partial charge in [-0.15, -0.1) is 0 Å². The first-order valence-corrected chi connectivity index (χ1v) is 16.4. The van der Waals surface area contributed by atoms with E-state index in [4.69, 9.17) is 0 Å². The van der Waals surface area contributed by atoms with Gasteiger partial charge in [-0.05, 0) is 61.4 Å². The number of carbonyl (C=O) groups excluding carboxylic acids is 3. The number of halogens is 2. The molecular weight excluding hydrogens is 604 g/mol. The van der Waals surface area contributed by atoms with E-state index in [0.29, 0.717) is 37.8 Å². The molecule has 3 aromatic heterocycles. The van der Waals surface area contributed by atoms with Crippen LogP contribution < -0.4 is 15.1 Å². The first-order valence-electron chi connectivity index (χ1n) is 16.4. The number of hydrogen-bond donors (Lipinski definition) is 3. The fraction of sp³-hybridized carbons (Fsp3) is 0.457. The SMILES string of the molecule is CN(C(=O)CC1CCN(c2ccc(C3CCC(=O)NC3=O)cn2)CC1)c1ccc2cc(-c3n[nH]c4c3C[C@@H]3C(F)(F)[C@]3(C)C4)[nH]c2c1. The van der Waals surface area contributed by atoms with E-state index in [1.54, 1.807) is 25.1 Å². The summed E-state index contributed by atoms with van der Waals surface area (Å²) in [5.41, 5.74) is 4.62. The number of carbonyl (C=O) groups is 3. The average Bonchev–Trinajstić information content (AvgIpc) is 3.45. The molecular formula is C35H37F2N7O3. The van der Waals surface area contributed by atoms with Gasteiger partial charge in [-0.2, -0.15) is 5.10 Å². The molecule has 4 aromatic rings. The molecule has 244 valence electrons. The van der Waals surface area contributed by atoms with Crippen LogP contribution in [0.1, 0.15) is 61.8 Å². The smallest absolute Gasteiger partial charge is 0.258 e. The van der Waals surface area contributed by atoms with Crippen molar-refractivity contribution in [3.63, 3.8) is 0 Å². The third-order valence-electron chi connectivity index (χ3n) is 11.2. The van der Waals surface area contributed by atoms with E-state index in [2.05, 4.69) is 30.4 Å². The fourth-order valence-electron chi connectivity index (χ4n) is 7.98. The van der Waals surface area contributed by atoms with E-state index in [0.717, 1.165) is 70.9 Å². The standard InChI is InChI=1S/C35H37F2N7O3/c1-34-17-27-24(16-28(34)35(34,36)37)32(42-41-27)26-14-20-3-5-22(15-25(20)39-26)43(2)31(46)13-19-9-11-44(12-10-19)29-7-4-21(18-38-29)23-6-8-30(45)40-33(23)47/h3-5,7,14-15,18-19,23,28,39H,6,8-13,16-17H2,1-2H3,(H,41,42)(H,40,45,47)/t23?,28-,34+/m0/s1. The molecule has 1 aromatic carbocycles. The summed E-state index contributed by atoms with van der Waals surface area (Å²) in [5, 5.41) is 10.9. The normalized spacial score (nSPS) is 25.3. The quantitative estimate of drug-likeness (QED) is 0.251. The third kappa shape index (κ3) is 4.91. The van der Waals surface area contributed by atoms with Gasteiger partial charge < -0.3 is 14.8 Å². The van der Waals surface area contributed by atoms with Crippen molar-refractivity contribution in [3.8, 4) is 11.4 Å². The Morgan fingerprint density at radius 2 is 1.91 bits per heavy atom. The topological polar surface area (TPSA) is 127 Å². The minimum absolute atomic E-state index is 0.0519. The second-order valence-electron chi connectivity index (χ2n) is 14.0. The molecule has 3 atom stereocenters. The van der Waals surface area contributed by atoms with Gasteiger partial charge in [0.1, 0.15) is 11.5 Å². The molecule has 0 spiro atoms. The number of anilines is 2. The van der Waals surface area contributed by atoms with Gasteiger partial charge in [0.15, 0.2) is 0 Å². The van der Waals surface area contributed by atoms with Gasteiger partial charge in [-0.1, -0.05) is 19.1 Å². The number of fused-ring (bicyclic) bond motifs is 3. The summed E-state index contributed by atoms with van der Waals surface area (Å²) >= 11 is 0. The molecule has 1 unspecified atom stereocenters. The number of nitrogens with zero attached hydrogens (tertiary/aromatic N) is 4. The number of hydrogen-bond acceptors (Lipinski definition) is 6. The van der Waals surface area contributed by atoms with Crippen LogP contribution >= 0.6 is 0 Å². The maximum absolute atomic E-state index is 14.4. The largest absolute Gasteiger partial charge is 0.357 e. The highest BCUT2D eigenvalue weighted by atomic mass is 19.3. The number of aromatic amines is 2. The van der Waals surface area contributed by atoms with Crippen molar-refractivity contribution in [2.45, 2.75) is 63.7 Å². The van der Waals surface area contributed by atoms with Crippen LogP contribution in [0.4, 0.5) is 20.3 Å². The zero-order valence-corrected chi connectivity index (χ0v) is 26.4. The van der Waals surface area contributed by atoms with Crippen molar-refractivity contribution in [2.75, 3.05) is 29.9 Å². The summed E-state index contributed by atoms with van der Waals surface area (Å²) in [6.45, 7) is 3.24. The van der Waals surface area contributed by atoms with Crippen molar-refractivity contribution in [2.24, 2.45) is 17.3 Å². The molecule has 4 aliphatic rings. The maximum atomic E-state index is 14.4. The Labute approximate surface area is 270 Å². The predicted molar refractivity (Wildman–Crippen MR) is 172 cm³/mol. The number of rotatable bonds is 6. The van der Waals surface area contributed by atoms with Crippen LogP contribution in [0.3, 0.4) is 0 Å². The zero-order chi connectivity index (χ0) is 32.7. The minimum Gasteiger partial charge on any atom is -0.357 e. The van der Waals surface area contributed by atoms with E-state index >= 15 is 0 Å². The average molecular weight is 642 g/mol. The van der Waals surface area contributed by atoms with E-state index in [-0.39, 0.29) is 29.6 Å². The lowest BCUT2D eigenvalue weighted by atomic mass is 9.87. The van der Waals surface area contributed by atoms with Crippen LogP contribution in [0.15, 0.2) is 42.6 Å². The number of piperidine rings is 2. The Hall–Kier alpha value is -4.61. The number of aromatic nitrogens is 4. The van der Waals surface area contributed by atoms with E-state index < -0.39 is 17.3 Å². The molecule has 0 radical (unpaired) electrons. The molecule has 0 bridgehead atoms. The van der Waals surface area contributed by atoms with Crippen molar-refractivity contribution in [3.05, 3.63) is 59.4 Å². The zero-order valence-electron chi connectivity index (χ0n) is 26.4. The number of imide groups is 1. The number of alkyl halides is 2. The molecule has 8 rings (SSSR count). The van der Waals surface area contributed by atoms with Crippen LogP contribution in [0.5, 0.6) is 0 Å². The molecule has 3 N–H and O–H groups in total. The number of H-pyrrole nitrogens is 2. The molecule has 10 nitrogen and oxygen atoms in total. The van der Waals surface area contributed by atoms with Crippen molar-refractivity contribution >= 4 is 40.1 Å². The Bertz CT molecular complexity index is 1910. The predicted octanol–water partition coefficient (Wildman–Crippen LogP) is 5.11. The summed E-state index contributed by atoms with van der Waals surface area (Å²) in [7, 11) is 1.80. The lowest BCUT2D eigenvalue weighted by Gasteiger charge is -2.33. The molecule has 2 aliphatic heterocycles. The lowest BCUT2D eigenvalue weighted by Crippen LogP contribution is -2.39. The molecule has 47 heavy (non-hydrogen) atoms. The van der Waals surface area contributed by atoms with Gasteiger partial charge in [0.2, 0.25) is 17.7 Å². The van der Waals surface area contributed by atoms with Crippen molar-refractivity contribution < 1.29 is 23.2 Å². The van der Waals surface area contributed by atoms with Gasteiger partial charge >= 0.3 is 0 Å². The minimum atomic E-state index is -2.64. The second kappa shape index (κ2) is 10.7. The highest BCUT2D eigenvalue weighted by molar-refractivity contribution is 6.01. The molecule has 1 saturated carbocycles. The summed E-state index contributed by atoms with van der Waals surface area (Å²) in [6.07, 6.45) is 5.37. The molecule has 3 fully saturated rings. The van der Waals surface area contributed by atoms with Crippen LogP contribution in [0.2, 0.25) is 0 Å². The Morgan fingerprint density at radius 3 is 2.66 bits per heavy atom. The monoisotopic (exact) mass is 641 g/mol. The Balaban J connectivity index is 0.882. The number of pyridine rings is 1. The van der Waals surface area contributed by atoms with Gasteiger partial charge in [0, 0.05) is 84.8 Å². The van der Waals surface area contributed by atoms with Crippen LogP contribution in [-0.4, -0.2) is 63.9 Å². The number of nitrogens with one attached hydrogen (secondary N) is 3. The first kappa shape index (κ1) is 29.8. The first-order chi connectivity index (χ1) is 22.5.